The monoisotopic (exact) mass is 187 g/mol. The van der Waals surface area contributed by atoms with Gasteiger partial charge in [0.25, 0.3) is 0 Å². The Bertz CT molecular complexity index is 130. The van der Waals surface area contributed by atoms with Gasteiger partial charge in [-0.1, -0.05) is 32.6 Å². The maximum Gasteiger partial charge on any atom is 0.123 e. The highest BCUT2D eigenvalue weighted by atomic mass is 19.1. The first kappa shape index (κ1) is 11.0. The highest BCUT2D eigenvalue weighted by molar-refractivity contribution is 4.85. The molecule has 0 aliphatic carbocycles. The van der Waals surface area contributed by atoms with Gasteiger partial charge in [0.1, 0.15) is 5.67 Å². The molecule has 1 aliphatic rings. The average molecular weight is 187 g/mol. The van der Waals surface area contributed by atoms with E-state index >= 15 is 0 Å². The standard InChI is InChI=1S/C11H22FN/c1-2-3-4-5-7-11(12)8-6-9-13-10-11/h13H,2-10H2,1H3. The van der Waals surface area contributed by atoms with Crippen LogP contribution < -0.4 is 5.32 Å². The summed E-state index contributed by atoms with van der Waals surface area (Å²) in [7, 11) is 0. The van der Waals surface area contributed by atoms with Gasteiger partial charge in [0.05, 0.1) is 0 Å². The van der Waals surface area contributed by atoms with Gasteiger partial charge in [0.15, 0.2) is 0 Å². The van der Waals surface area contributed by atoms with Crippen LogP contribution in [0.1, 0.15) is 51.9 Å². The maximum atomic E-state index is 13.9. The van der Waals surface area contributed by atoms with E-state index in [9.17, 15) is 4.39 Å². The lowest BCUT2D eigenvalue weighted by Crippen LogP contribution is -2.42. The number of hydrogen-bond acceptors (Lipinski definition) is 1. The molecule has 0 aromatic rings. The smallest absolute Gasteiger partial charge is 0.123 e. The predicted octanol–water partition coefficient (Wildman–Crippen LogP) is 3.05. The Labute approximate surface area is 81.1 Å². The molecule has 1 atom stereocenters. The second-order valence-electron chi connectivity index (χ2n) is 4.24. The molecule has 13 heavy (non-hydrogen) atoms. The van der Waals surface area contributed by atoms with Crippen LogP contribution in [-0.4, -0.2) is 18.8 Å². The molecule has 0 aromatic heterocycles. The fourth-order valence-electron chi connectivity index (χ4n) is 2.01. The number of rotatable bonds is 5. The molecule has 0 radical (unpaired) electrons. The molecule has 1 rings (SSSR count). The lowest BCUT2D eigenvalue weighted by atomic mass is 9.90. The molecule has 1 N–H and O–H groups in total. The molecule has 0 bridgehead atoms. The van der Waals surface area contributed by atoms with Crippen molar-refractivity contribution in [2.45, 2.75) is 57.5 Å². The minimum atomic E-state index is -0.883. The van der Waals surface area contributed by atoms with Crippen molar-refractivity contribution in [1.29, 1.82) is 0 Å². The van der Waals surface area contributed by atoms with E-state index in [1.807, 2.05) is 0 Å². The highest BCUT2D eigenvalue weighted by Crippen LogP contribution is 2.27. The first-order valence-corrected chi connectivity index (χ1v) is 5.66. The first-order valence-electron chi connectivity index (χ1n) is 5.66. The van der Waals surface area contributed by atoms with E-state index in [1.165, 1.54) is 19.3 Å². The molecule has 1 nitrogen and oxygen atoms in total. The quantitative estimate of drug-likeness (QED) is 0.652. The summed E-state index contributed by atoms with van der Waals surface area (Å²) < 4.78 is 13.9. The van der Waals surface area contributed by atoms with Crippen molar-refractivity contribution >= 4 is 0 Å². The van der Waals surface area contributed by atoms with Gasteiger partial charge in [-0.3, -0.25) is 0 Å². The van der Waals surface area contributed by atoms with Crippen molar-refractivity contribution in [3.8, 4) is 0 Å². The summed E-state index contributed by atoms with van der Waals surface area (Å²) in [5.74, 6) is 0. The minimum absolute atomic E-state index is 0.582. The molecule has 78 valence electrons. The van der Waals surface area contributed by atoms with E-state index in [4.69, 9.17) is 0 Å². The summed E-state index contributed by atoms with van der Waals surface area (Å²) in [5.41, 5.74) is -0.883. The fourth-order valence-corrected chi connectivity index (χ4v) is 2.01. The molecular formula is C11H22FN. The minimum Gasteiger partial charge on any atom is -0.314 e. The Balaban J connectivity index is 2.10. The predicted molar refractivity (Wildman–Crippen MR) is 54.7 cm³/mol. The van der Waals surface area contributed by atoms with Crippen LogP contribution in [0.3, 0.4) is 0 Å². The van der Waals surface area contributed by atoms with Gasteiger partial charge in [0, 0.05) is 6.54 Å². The van der Waals surface area contributed by atoms with E-state index in [0.29, 0.717) is 6.54 Å². The van der Waals surface area contributed by atoms with Crippen molar-refractivity contribution in [2.24, 2.45) is 0 Å². The molecule has 0 aromatic carbocycles. The van der Waals surface area contributed by atoms with Gasteiger partial charge >= 0.3 is 0 Å². The molecule has 1 heterocycles. The topological polar surface area (TPSA) is 12.0 Å². The summed E-state index contributed by atoms with van der Waals surface area (Å²) in [6.45, 7) is 3.77. The summed E-state index contributed by atoms with van der Waals surface area (Å²) in [6.07, 6.45) is 7.28. The van der Waals surface area contributed by atoms with Gasteiger partial charge < -0.3 is 5.32 Å². The lowest BCUT2D eigenvalue weighted by molar-refractivity contribution is 0.107. The number of piperidine rings is 1. The molecule has 1 unspecified atom stereocenters. The molecule has 1 saturated heterocycles. The van der Waals surface area contributed by atoms with Crippen LogP contribution in [0.25, 0.3) is 0 Å². The summed E-state index contributed by atoms with van der Waals surface area (Å²) in [4.78, 5) is 0. The zero-order valence-electron chi connectivity index (χ0n) is 8.74. The third-order valence-electron chi connectivity index (χ3n) is 2.90. The van der Waals surface area contributed by atoms with Gasteiger partial charge in [-0.25, -0.2) is 4.39 Å². The van der Waals surface area contributed by atoms with Gasteiger partial charge in [0.2, 0.25) is 0 Å². The van der Waals surface area contributed by atoms with E-state index in [-0.39, 0.29) is 0 Å². The normalized spacial score (nSPS) is 29.1. The van der Waals surface area contributed by atoms with E-state index in [0.717, 1.165) is 32.2 Å². The number of alkyl halides is 1. The Morgan fingerprint density at radius 1 is 1.31 bits per heavy atom. The van der Waals surface area contributed by atoms with Crippen molar-refractivity contribution < 1.29 is 4.39 Å². The molecule has 0 amide bonds. The summed E-state index contributed by atoms with van der Waals surface area (Å²) >= 11 is 0. The zero-order valence-corrected chi connectivity index (χ0v) is 8.74. The van der Waals surface area contributed by atoms with E-state index in [1.54, 1.807) is 0 Å². The van der Waals surface area contributed by atoms with Crippen LogP contribution in [0, 0.1) is 0 Å². The van der Waals surface area contributed by atoms with Crippen LogP contribution in [0.5, 0.6) is 0 Å². The Hall–Kier alpha value is -0.110. The van der Waals surface area contributed by atoms with Crippen LogP contribution in [0.15, 0.2) is 0 Å². The van der Waals surface area contributed by atoms with E-state index < -0.39 is 5.67 Å². The van der Waals surface area contributed by atoms with E-state index in [2.05, 4.69) is 12.2 Å². The summed E-state index contributed by atoms with van der Waals surface area (Å²) in [6, 6.07) is 0. The molecule has 0 saturated carbocycles. The number of nitrogens with one attached hydrogen (secondary N) is 1. The Kier molecular flexibility index (Phi) is 4.71. The van der Waals surface area contributed by atoms with Crippen molar-refractivity contribution in [1.82, 2.24) is 5.32 Å². The fraction of sp³-hybridized carbons (Fsp3) is 1.00. The van der Waals surface area contributed by atoms with Crippen LogP contribution in [0.4, 0.5) is 4.39 Å². The molecular weight excluding hydrogens is 165 g/mol. The van der Waals surface area contributed by atoms with Crippen LogP contribution in [-0.2, 0) is 0 Å². The number of hydrogen-bond donors (Lipinski definition) is 1. The number of halogens is 1. The van der Waals surface area contributed by atoms with Crippen LogP contribution >= 0.6 is 0 Å². The third kappa shape index (κ3) is 4.08. The van der Waals surface area contributed by atoms with Gasteiger partial charge in [-0.15, -0.1) is 0 Å². The van der Waals surface area contributed by atoms with Gasteiger partial charge in [-0.05, 0) is 25.8 Å². The maximum absolute atomic E-state index is 13.9. The Morgan fingerprint density at radius 2 is 2.15 bits per heavy atom. The summed E-state index contributed by atoms with van der Waals surface area (Å²) in [5, 5.41) is 3.14. The third-order valence-corrected chi connectivity index (χ3v) is 2.90. The highest BCUT2D eigenvalue weighted by Gasteiger charge is 2.30. The lowest BCUT2D eigenvalue weighted by Gasteiger charge is -2.30. The molecule has 1 aliphatic heterocycles. The largest absolute Gasteiger partial charge is 0.314 e. The number of unbranched alkanes of at least 4 members (excludes halogenated alkanes) is 3. The molecule has 2 heteroatoms. The van der Waals surface area contributed by atoms with Gasteiger partial charge in [-0.2, -0.15) is 0 Å². The second kappa shape index (κ2) is 5.58. The Morgan fingerprint density at radius 3 is 2.77 bits per heavy atom. The van der Waals surface area contributed by atoms with Crippen LogP contribution in [0.2, 0.25) is 0 Å². The van der Waals surface area contributed by atoms with Crippen molar-refractivity contribution in [2.75, 3.05) is 13.1 Å². The van der Waals surface area contributed by atoms with Crippen molar-refractivity contribution in [3.63, 3.8) is 0 Å². The molecule has 1 fully saturated rings. The van der Waals surface area contributed by atoms with Crippen molar-refractivity contribution in [3.05, 3.63) is 0 Å². The average Bonchev–Trinajstić information content (AvgIpc) is 2.14. The SMILES string of the molecule is CCCCCCC1(F)CCCNC1. The first-order chi connectivity index (χ1) is 6.27. The second-order valence-corrected chi connectivity index (χ2v) is 4.24. The molecule has 0 spiro atoms. The zero-order chi connectivity index (χ0) is 9.57.